The zero-order valence-corrected chi connectivity index (χ0v) is 14.9. The Kier molecular flexibility index (Phi) is 4.78. The normalized spacial score (nSPS) is 15.3. The highest BCUT2D eigenvalue weighted by Gasteiger charge is 2.16. The summed E-state index contributed by atoms with van der Waals surface area (Å²) < 4.78 is 27.8. The molecule has 1 aliphatic rings. The summed E-state index contributed by atoms with van der Waals surface area (Å²) in [5.74, 6) is 0. The molecule has 0 aromatic heterocycles. The third kappa shape index (κ3) is 3.88. The molecule has 128 valence electrons. The van der Waals surface area contributed by atoms with Crippen molar-refractivity contribution in [2.24, 2.45) is 0 Å². The number of nitrogens with zero attached hydrogens (tertiary/aromatic N) is 1. The fourth-order valence-electron chi connectivity index (χ4n) is 3.01. The number of nitrogens with one attached hydrogen (secondary N) is 2. The molecule has 0 radical (unpaired) electrons. The number of rotatable bonds is 4. The number of hydrogen-bond donors (Lipinski definition) is 2. The quantitative estimate of drug-likeness (QED) is 0.894. The molecule has 2 aromatic rings. The van der Waals surface area contributed by atoms with Gasteiger partial charge in [-0.15, -0.1) is 0 Å². The Morgan fingerprint density at radius 3 is 2.12 bits per heavy atom. The molecule has 0 atom stereocenters. The fourth-order valence-corrected chi connectivity index (χ4v) is 4.05. The van der Waals surface area contributed by atoms with E-state index in [9.17, 15) is 8.42 Å². The summed E-state index contributed by atoms with van der Waals surface area (Å²) >= 11 is 0. The molecule has 1 fully saturated rings. The number of hydrogen-bond acceptors (Lipinski definition) is 4. The number of sulfonamides is 1. The molecule has 0 bridgehead atoms. The molecule has 5 nitrogen and oxygen atoms in total. The van der Waals surface area contributed by atoms with E-state index < -0.39 is 10.0 Å². The van der Waals surface area contributed by atoms with Gasteiger partial charge in [0.25, 0.3) is 10.0 Å². The van der Waals surface area contributed by atoms with Crippen molar-refractivity contribution in [2.75, 3.05) is 35.8 Å². The third-order valence-electron chi connectivity index (χ3n) is 4.10. The third-order valence-corrected chi connectivity index (χ3v) is 5.50. The van der Waals surface area contributed by atoms with Crippen molar-refractivity contribution in [3.05, 3.63) is 53.6 Å². The van der Waals surface area contributed by atoms with Crippen molar-refractivity contribution in [1.82, 2.24) is 5.32 Å². The van der Waals surface area contributed by atoms with Gasteiger partial charge in [-0.05, 0) is 61.4 Å². The monoisotopic (exact) mass is 345 g/mol. The van der Waals surface area contributed by atoms with Crippen LogP contribution in [0.15, 0.2) is 47.4 Å². The van der Waals surface area contributed by atoms with Crippen LogP contribution in [-0.2, 0) is 10.0 Å². The van der Waals surface area contributed by atoms with E-state index in [2.05, 4.69) is 14.9 Å². The van der Waals surface area contributed by atoms with Crippen LogP contribution < -0.4 is 14.9 Å². The number of aryl methyl sites for hydroxylation is 2. The van der Waals surface area contributed by atoms with Crippen LogP contribution in [0.4, 0.5) is 11.4 Å². The minimum atomic E-state index is -3.58. The van der Waals surface area contributed by atoms with Gasteiger partial charge in [0.1, 0.15) is 0 Å². The van der Waals surface area contributed by atoms with Crippen molar-refractivity contribution >= 4 is 21.4 Å². The van der Waals surface area contributed by atoms with Gasteiger partial charge in [0.2, 0.25) is 0 Å². The maximum atomic E-state index is 12.6. The largest absolute Gasteiger partial charge is 0.369 e. The highest BCUT2D eigenvalue weighted by atomic mass is 32.2. The lowest BCUT2D eigenvalue weighted by molar-refractivity contribution is 0.589. The topological polar surface area (TPSA) is 61.4 Å². The molecule has 2 N–H and O–H groups in total. The molecular formula is C18H23N3O2S. The Balaban J connectivity index is 1.79. The van der Waals surface area contributed by atoms with Crippen LogP contribution in [0.25, 0.3) is 0 Å². The van der Waals surface area contributed by atoms with Crippen molar-refractivity contribution in [3.8, 4) is 0 Å². The predicted octanol–water partition coefficient (Wildman–Crippen LogP) is 2.51. The highest BCUT2D eigenvalue weighted by Crippen LogP contribution is 2.22. The molecule has 0 amide bonds. The Morgan fingerprint density at radius 2 is 1.54 bits per heavy atom. The number of benzene rings is 2. The Bertz CT molecular complexity index is 790. The summed E-state index contributed by atoms with van der Waals surface area (Å²) in [5.41, 5.74) is 3.71. The Hall–Kier alpha value is -2.05. The van der Waals surface area contributed by atoms with E-state index in [1.165, 1.54) is 0 Å². The van der Waals surface area contributed by atoms with Gasteiger partial charge in [-0.3, -0.25) is 4.72 Å². The Labute approximate surface area is 143 Å². The van der Waals surface area contributed by atoms with Crippen molar-refractivity contribution < 1.29 is 8.42 Å². The SMILES string of the molecule is Cc1cc(C)cc(NS(=O)(=O)c2ccc(N3CCNCC3)cc2)c1. The lowest BCUT2D eigenvalue weighted by Crippen LogP contribution is -2.43. The molecule has 2 aromatic carbocycles. The van der Waals surface area contributed by atoms with Gasteiger partial charge in [0, 0.05) is 37.6 Å². The molecule has 1 saturated heterocycles. The van der Waals surface area contributed by atoms with E-state index in [1.807, 2.05) is 44.2 Å². The van der Waals surface area contributed by atoms with Crippen molar-refractivity contribution in [3.63, 3.8) is 0 Å². The summed E-state index contributed by atoms with van der Waals surface area (Å²) in [7, 11) is -3.58. The molecular weight excluding hydrogens is 322 g/mol. The van der Waals surface area contributed by atoms with Gasteiger partial charge >= 0.3 is 0 Å². The number of piperazine rings is 1. The highest BCUT2D eigenvalue weighted by molar-refractivity contribution is 7.92. The zero-order chi connectivity index (χ0) is 17.2. The van der Waals surface area contributed by atoms with E-state index in [0.29, 0.717) is 5.69 Å². The second-order valence-corrected chi connectivity index (χ2v) is 7.90. The van der Waals surface area contributed by atoms with E-state index in [4.69, 9.17) is 0 Å². The first-order valence-electron chi connectivity index (χ1n) is 8.11. The first kappa shape index (κ1) is 16.8. The average Bonchev–Trinajstić information content (AvgIpc) is 2.54. The summed E-state index contributed by atoms with van der Waals surface area (Å²) in [4.78, 5) is 2.53. The van der Waals surface area contributed by atoms with Crippen LogP contribution in [0.5, 0.6) is 0 Å². The van der Waals surface area contributed by atoms with E-state index in [-0.39, 0.29) is 4.90 Å². The van der Waals surface area contributed by atoms with Gasteiger partial charge in [-0.1, -0.05) is 6.07 Å². The molecule has 1 heterocycles. The standard InChI is InChI=1S/C18H23N3O2S/c1-14-11-15(2)13-16(12-14)20-24(22,23)18-5-3-17(4-6-18)21-9-7-19-8-10-21/h3-6,11-13,19-20H,7-10H2,1-2H3. The van der Waals surface area contributed by atoms with Gasteiger partial charge in [-0.25, -0.2) is 8.42 Å². The van der Waals surface area contributed by atoms with E-state index >= 15 is 0 Å². The van der Waals surface area contributed by atoms with Crippen LogP contribution in [-0.4, -0.2) is 34.6 Å². The summed E-state index contributed by atoms with van der Waals surface area (Å²) in [6.07, 6.45) is 0. The smallest absolute Gasteiger partial charge is 0.261 e. The van der Waals surface area contributed by atoms with Gasteiger partial charge in [0.15, 0.2) is 0 Å². The number of anilines is 2. The van der Waals surface area contributed by atoms with Crippen molar-refractivity contribution in [1.29, 1.82) is 0 Å². The van der Waals surface area contributed by atoms with Crippen LogP contribution >= 0.6 is 0 Å². The first-order valence-corrected chi connectivity index (χ1v) is 9.59. The van der Waals surface area contributed by atoms with Crippen LogP contribution in [0.1, 0.15) is 11.1 Å². The first-order chi connectivity index (χ1) is 11.4. The maximum absolute atomic E-state index is 12.6. The van der Waals surface area contributed by atoms with Crippen molar-refractivity contribution in [2.45, 2.75) is 18.7 Å². The average molecular weight is 345 g/mol. The minimum absolute atomic E-state index is 0.278. The maximum Gasteiger partial charge on any atom is 0.261 e. The minimum Gasteiger partial charge on any atom is -0.369 e. The fraction of sp³-hybridized carbons (Fsp3) is 0.333. The summed E-state index contributed by atoms with van der Waals surface area (Å²) in [6, 6.07) is 12.8. The van der Waals surface area contributed by atoms with Crippen LogP contribution in [0, 0.1) is 13.8 Å². The van der Waals surface area contributed by atoms with Gasteiger partial charge in [0.05, 0.1) is 4.90 Å². The lowest BCUT2D eigenvalue weighted by Gasteiger charge is -2.29. The van der Waals surface area contributed by atoms with E-state index in [1.54, 1.807) is 12.1 Å². The van der Waals surface area contributed by atoms with Crippen LogP contribution in [0.3, 0.4) is 0 Å². The van der Waals surface area contributed by atoms with E-state index in [0.717, 1.165) is 43.0 Å². The predicted molar refractivity (Wildman–Crippen MR) is 98.2 cm³/mol. The molecule has 0 unspecified atom stereocenters. The summed E-state index contributed by atoms with van der Waals surface area (Å²) in [5, 5.41) is 3.31. The van der Waals surface area contributed by atoms with Gasteiger partial charge < -0.3 is 10.2 Å². The summed E-state index contributed by atoms with van der Waals surface area (Å²) in [6.45, 7) is 7.68. The molecule has 0 saturated carbocycles. The molecule has 1 aliphatic heterocycles. The molecule has 6 heteroatoms. The molecule has 3 rings (SSSR count). The lowest BCUT2D eigenvalue weighted by atomic mass is 10.1. The van der Waals surface area contributed by atoms with Crippen LogP contribution in [0.2, 0.25) is 0 Å². The second kappa shape index (κ2) is 6.83. The second-order valence-electron chi connectivity index (χ2n) is 6.21. The molecule has 24 heavy (non-hydrogen) atoms. The molecule has 0 spiro atoms. The zero-order valence-electron chi connectivity index (χ0n) is 14.0. The Morgan fingerprint density at radius 1 is 0.958 bits per heavy atom. The van der Waals surface area contributed by atoms with Gasteiger partial charge in [-0.2, -0.15) is 0 Å². The molecule has 0 aliphatic carbocycles.